The highest BCUT2D eigenvalue weighted by atomic mass is 79.9. The van der Waals surface area contributed by atoms with Crippen molar-refractivity contribution >= 4 is 5.91 Å². The second-order valence-corrected chi connectivity index (χ2v) is 5.38. The summed E-state index contributed by atoms with van der Waals surface area (Å²) in [6, 6.07) is 10.6. The molecule has 1 rings (SSSR count). The number of hydrogen-bond donors (Lipinski definition) is 1. The molecule has 4 heteroatoms. The number of carbonyl (C=O) groups is 1. The van der Waals surface area contributed by atoms with Gasteiger partial charge >= 0.3 is 0 Å². The Labute approximate surface area is 139 Å². The molecular weight excluding hydrogens is 328 g/mol. The lowest BCUT2D eigenvalue weighted by molar-refractivity contribution is -0.936. The van der Waals surface area contributed by atoms with Crippen molar-refractivity contribution in [2.45, 2.75) is 27.3 Å². The first-order chi connectivity index (χ1) is 9.53. The van der Waals surface area contributed by atoms with E-state index in [9.17, 15) is 4.79 Å². The van der Waals surface area contributed by atoms with Gasteiger partial charge in [0.1, 0.15) is 6.54 Å². The number of rotatable bonds is 8. The molecule has 3 nitrogen and oxygen atoms in total. The van der Waals surface area contributed by atoms with E-state index in [0.717, 1.165) is 30.7 Å². The van der Waals surface area contributed by atoms with E-state index in [-0.39, 0.29) is 22.9 Å². The highest BCUT2D eigenvalue weighted by molar-refractivity contribution is 5.92. The average molecular weight is 355 g/mol. The van der Waals surface area contributed by atoms with E-state index < -0.39 is 0 Å². The van der Waals surface area contributed by atoms with E-state index in [1.165, 1.54) is 5.56 Å². The Bertz CT molecular complexity index is 441. The zero-order valence-corrected chi connectivity index (χ0v) is 14.9. The summed E-state index contributed by atoms with van der Waals surface area (Å²) in [6.45, 7) is 14.6. The van der Waals surface area contributed by atoms with Gasteiger partial charge in [0.25, 0.3) is 0 Å². The average Bonchev–Trinajstić information content (AvgIpc) is 2.47. The summed E-state index contributed by atoms with van der Waals surface area (Å²) in [6.07, 6.45) is 0. The van der Waals surface area contributed by atoms with Gasteiger partial charge in [-0.1, -0.05) is 36.9 Å². The Balaban J connectivity index is 0.00000400. The summed E-state index contributed by atoms with van der Waals surface area (Å²) in [4.78, 5) is 11.5. The second kappa shape index (κ2) is 9.74. The molecule has 0 radical (unpaired) electrons. The van der Waals surface area contributed by atoms with Gasteiger partial charge in [0.2, 0.25) is 5.91 Å². The monoisotopic (exact) mass is 354 g/mol. The minimum absolute atomic E-state index is 0. The van der Waals surface area contributed by atoms with Gasteiger partial charge in [0.15, 0.2) is 0 Å². The number of halogens is 1. The van der Waals surface area contributed by atoms with Crippen LogP contribution in [0.1, 0.15) is 26.3 Å². The Morgan fingerprint density at radius 3 is 2.24 bits per heavy atom. The SMILES string of the molecule is C=C(C)C(=O)NCC[N+](CC)(CC)Cc1ccccc1.[Br-]. The first-order valence-corrected chi connectivity index (χ1v) is 7.35. The van der Waals surface area contributed by atoms with Gasteiger partial charge in [0, 0.05) is 11.1 Å². The van der Waals surface area contributed by atoms with E-state index in [1.54, 1.807) is 6.92 Å². The van der Waals surface area contributed by atoms with Gasteiger partial charge in [0.05, 0.1) is 26.2 Å². The molecule has 118 valence electrons. The zero-order valence-electron chi connectivity index (χ0n) is 13.4. The minimum atomic E-state index is -0.0463. The summed E-state index contributed by atoms with van der Waals surface area (Å²) >= 11 is 0. The maximum atomic E-state index is 11.5. The Morgan fingerprint density at radius 1 is 1.19 bits per heavy atom. The van der Waals surface area contributed by atoms with E-state index in [2.05, 4.69) is 50.0 Å². The van der Waals surface area contributed by atoms with Crippen LogP contribution in [0.25, 0.3) is 0 Å². The molecule has 0 heterocycles. The van der Waals surface area contributed by atoms with E-state index in [4.69, 9.17) is 0 Å². The number of hydrogen-bond acceptors (Lipinski definition) is 1. The van der Waals surface area contributed by atoms with Crippen LogP contribution < -0.4 is 22.3 Å². The number of carbonyl (C=O) groups excluding carboxylic acids is 1. The van der Waals surface area contributed by atoms with Crippen LogP contribution in [0.5, 0.6) is 0 Å². The first kappa shape index (κ1) is 19.9. The van der Waals surface area contributed by atoms with E-state index in [0.29, 0.717) is 12.1 Å². The third kappa shape index (κ3) is 6.44. The summed E-state index contributed by atoms with van der Waals surface area (Å²) in [5.74, 6) is -0.0463. The fraction of sp³-hybridized carbons (Fsp3) is 0.471. The third-order valence-electron chi connectivity index (χ3n) is 3.96. The van der Waals surface area contributed by atoms with Gasteiger partial charge < -0.3 is 26.8 Å². The van der Waals surface area contributed by atoms with Crippen LogP contribution in [0.15, 0.2) is 42.5 Å². The number of quaternary nitrogens is 1. The van der Waals surface area contributed by atoms with Crippen molar-refractivity contribution in [1.82, 2.24) is 5.32 Å². The molecule has 1 N–H and O–H groups in total. The molecule has 0 aliphatic carbocycles. The van der Waals surface area contributed by atoms with Gasteiger partial charge in [-0.25, -0.2) is 0 Å². The maximum Gasteiger partial charge on any atom is 0.246 e. The summed E-state index contributed by atoms with van der Waals surface area (Å²) in [5.41, 5.74) is 1.92. The Morgan fingerprint density at radius 2 is 1.76 bits per heavy atom. The standard InChI is InChI=1S/C17H26N2O.BrH/c1-5-19(6-2,13-12-18-17(20)15(3)4)14-16-10-8-7-9-11-16;/h7-11H,3,5-6,12-14H2,1-2,4H3;1H. The number of nitrogens with one attached hydrogen (secondary N) is 1. The van der Waals surface area contributed by atoms with Crippen LogP contribution in [0.3, 0.4) is 0 Å². The molecule has 0 atom stereocenters. The van der Waals surface area contributed by atoms with Gasteiger partial charge in [-0.3, -0.25) is 4.79 Å². The fourth-order valence-electron chi connectivity index (χ4n) is 2.37. The van der Waals surface area contributed by atoms with Gasteiger partial charge in [-0.2, -0.15) is 0 Å². The lowest BCUT2D eigenvalue weighted by Gasteiger charge is -2.37. The normalized spacial score (nSPS) is 10.6. The highest BCUT2D eigenvalue weighted by Crippen LogP contribution is 2.13. The topological polar surface area (TPSA) is 29.1 Å². The number of amides is 1. The quantitative estimate of drug-likeness (QED) is 0.505. The first-order valence-electron chi connectivity index (χ1n) is 7.35. The van der Waals surface area contributed by atoms with Gasteiger partial charge in [-0.15, -0.1) is 0 Å². The smallest absolute Gasteiger partial charge is 0.246 e. The molecule has 1 aromatic rings. The van der Waals surface area contributed by atoms with Crippen molar-refractivity contribution in [3.63, 3.8) is 0 Å². The predicted octanol–water partition coefficient (Wildman–Crippen LogP) is -0.260. The molecule has 0 saturated heterocycles. The van der Waals surface area contributed by atoms with Crippen molar-refractivity contribution in [3.05, 3.63) is 48.0 Å². The third-order valence-corrected chi connectivity index (χ3v) is 3.96. The summed E-state index contributed by atoms with van der Waals surface area (Å²) < 4.78 is 0.987. The molecule has 0 aliphatic rings. The van der Waals surface area contributed by atoms with Crippen LogP contribution >= 0.6 is 0 Å². The summed E-state index contributed by atoms with van der Waals surface area (Å²) in [7, 11) is 0. The van der Waals surface area contributed by atoms with E-state index in [1.807, 2.05) is 6.07 Å². The molecular formula is C17H27BrN2O. The van der Waals surface area contributed by atoms with Crippen molar-refractivity contribution in [2.75, 3.05) is 26.2 Å². The van der Waals surface area contributed by atoms with Crippen LogP contribution in [0.4, 0.5) is 0 Å². The Kier molecular flexibility index (Phi) is 9.22. The van der Waals surface area contributed by atoms with Crippen molar-refractivity contribution < 1.29 is 26.3 Å². The van der Waals surface area contributed by atoms with Crippen LogP contribution in [-0.2, 0) is 11.3 Å². The van der Waals surface area contributed by atoms with Crippen molar-refractivity contribution in [2.24, 2.45) is 0 Å². The molecule has 0 saturated carbocycles. The molecule has 0 aromatic heterocycles. The number of benzene rings is 1. The maximum absolute atomic E-state index is 11.5. The largest absolute Gasteiger partial charge is 1.00 e. The molecule has 0 bridgehead atoms. The lowest BCUT2D eigenvalue weighted by atomic mass is 10.1. The molecule has 0 aliphatic heterocycles. The Hall–Kier alpha value is -1.13. The van der Waals surface area contributed by atoms with E-state index >= 15 is 0 Å². The van der Waals surface area contributed by atoms with Crippen molar-refractivity contribution in [3.8, 4) is 0 Å². The molecule has 1 aromatic carbocycles. The molecule has 21 heavy (non-hydrogen) atoms. The fourth-order valence-corrected chi connectivity index (χ4v) is 2.37. The molecule has 1 amide bonds. The molecule has 0 fully saturated rings. The van der Waals surface area contributed by atoms with Gasteiger partial charge in [-0.05, 0) is 20.8 Å². The van der Waals surface area contributed by atoms with Crippen LogP contribution in [0.2, 0.25) is 0 Å². The minimum Gasteiger partial charge on any atom is -1.00 e. The predicted molar refractivity (Wildman–Crippen MR) is 84.2 cm³/mol. The van der Waals surface area contributed by atoms with Crippen molar-refractivity contribution in [1.29, 1.82) is 0 Å². The second-order valence-electron chi connectivity index (χ2n) is 5.38. The lowest BCUT2D eigenvalue weighted by Crippen LogP contribution is -3.00. The number of nitrogens with zero attached hydrogens (tertiary/aromatic N) is 1. The zero-order chi connectivity index (χ0) is 15.0. The molecule has 0 spiro atoms. The van der Waals surface area contributed by atoms with Crippen LogP contribution in [-0.4, -0.2) is 36.6 Å². The summed E-state index contributed by atoms with van der Waals surface area (Å²) in [5, 5.41) is 2.94. The van der Waals surface area contributed by atoms with Crippen LogP contribution in [0, 0.1) is 0 Å². The highest BCUT2D eigenvalue weighted by Gasteiger charge is 2.23. The number of likely N-dealkylation sites (N-methyl/N-ethyl adjacent to an activating group) is 1. The molecule has 0 unspecified atom stereocenters.